The van der Waals surface area contributed by atoms with Gasteiger partial charge in [0, 0.05) is 7.11 Å². The Labute approximate surface area is 113 Å². The molecule has 1 aromatic carbocycles. The molecule has 0 radical (unpaired) electrons. The predicted molar refractivity (Wildman–Crippen MR) is 74.0 cm³/mol. The SMILES string of the molecule is CCCC(OC)C(NC)c1cccc(Cl)c1Cl. The number of likely N-dealkylation sites (N-methyl/N-ethyl adjacent to an activating group) is 1. The molecule has 1 aromatic rings. The third-order valence-electron chi connectivity index (χ3n) is 2.88. The van der Waals surface area contributed by atoms with E-state index in [4.69, 9.17) is 27.9 Å². The molecule has 1 rings (SSSR count). The molecule has 0 aliphatic rings. The van der Waals surface area contributed by atoms with E-state index in [-0.39, 0.29) is 12.1 Å². The Morgan fingerprint density at radius 3 is 2.59 bits per heavy atom. The van der Waals surface area contributed by atoms with E-state index < -0.39 is 0 Å². The number of benzene rings is 1. The Morgan fingerprint density at radius 1 is 1.35 bits per heavy atom. The van der Waals surface area contributed by atoms with Crippen molar-refractivity contribution in [3.05, 3.63) is 33.8 Å². The predicted octanol–water partition coefficient (Wildman–Crippen LogP) is 4.07. The van der Waals surface area contributed by atoms with Gasteiger partial charge in [-0.15, -0.1) is 0 Å². The van der Waals surface area contributed by atoms with Gasteiger partial charge in [0.2, 0.25) is 0 Å². The maximum atomic E-state index is 6.24. The first-order valence-corrected chi connectivity index (χ1v) is 6.55. The van der Waals surface area contributed by atoms with Crippen molar-refractivity contribution in [2.45, 2.75) is 31.9 Å². The van der Waals surface area contributed by atoms with E-state index in [9.17, 15) is 0 Å². The summed E-state index contributed by atoms with van der Waals surface area (Å²) in [7, 11) is 3.63. The van der Waals surface area contributed by atoms with E-state index in [0.29, 0.717) is 10.0 Å². The summed E-state index contributed by atoms with van der Waals surface area (Å²) in [6.07, 6.45) is 2.14. The summed E-state index contributed by atoms with van der Waals surface area (Å²) in [5.41, 5.74) is 0.988. The largest absolute Gasteiger partial charge is 0.379 e. The molecule has 96 valence electrons. The normalized spacial score (nSPS) is 14.6. The first kappa shape index (κ1) is 14.8. The number of hydrogen-bond donors (Lipinski definition) is 1. The minimum Gasteiger partial charge on any atom is -0.379 e. The summed E-state index contributed by atoms with van der Waals surface area (Å²) >= 11 is 12.3. The Morgan fingerprint density at radius 2 is 2.06 bits per heavy atom. The van der Waals surface area contributed by atoms with Gasteiger partial charge >= 0.3 is 0 Å². The van der Waals surface area contributed by atoms with Crippen LogP contribution >= 0.6 is 23.2 Å². The Balaban J connectivity index is 3.03. The number of nitrogens with one attached hydrogen (secondary N) is 1. The number of methoxy groups -OCH3 is 1. The summed E-state index contributed by atoms with van der Waals surface area (Å²) in [5.74, 6) is 0. The molecule has 0 saturated heterocycles. The van der Waals surface area contributed by atoms with Gasteiger partial charge in [0.15, 0.2) is 0 Å². The van der Waals surface area contributed by atoms with Crippen molar-refractivity contribution in [2.24, 2.45) is 0 Å². The lowest BCUT2D eigenvalue weighted by atomic mass is 9.98. The van der Waals surface area contributed by atoms with Crippen molar-refractivity contribution in [2.75, 3.05) is 14.2 Å². The fourth-order valence-corrected chi connectivity index (χ4v) is 2.43. The van der Waals surface area contributed by atoms with Gasteiger partial charge in [0.25, 0.3) is 0 Å². The van der Waals surface area contributed by atoms with Crippen LogP contribution in [0.3, 0.4) is 0 Å². The Hall–Kier alpha value is -0.280. The highest BCUT2D eigenvalue weighted by Crippen LogP contribution is 2.32. The van der Waals surface area contributed by atoms with Crippen molar-refractivity contribution in [1.29, 1.82) is 0 Å². The molecular formula is C13H19Cl2NO. The third kappa shape index (κ3) is 3.59. The van der Waals surface area contributed by atoms with Crippen LogP contribution < -0.4 is 5.32 Å². The highest BCUT2D eigenvalue weighted by molar-refractivity contribution is 6.42. The monoisotopic (exact) mass is 275 g/mol. The molecule has 2 atom stereocenters. The topological polar surface area (TPSA) is 21.3 Å². The average Bonchev–Trinajstić information content (AvgIpc) is 2.34. The maximum Gasteiger partial charge on any atom is 0.0766 e. The van der Waals surface area contributed by atoms with Gasteiger partial charge in [0.05, 0.1) is 22.2 Å². The van der Waals surface area contributed by atoms with Crippen molar-refractivity contribution in [3.8, 4) is 0 Å². The zero-order chi connectivity index (χ0) is 12.8. The second-order valence-corrected chi connectivity index (χ2v) is 4.76. The van der Waals surface area contributed by atoms with E-state index in [0.717, 1.165) is 18.4 Å². The lowest BCUT2D eigenvalue weighted by Crippen LogP contribution is -2.31. The van der Waals surface area contributed by atoms with E-state index >= 15 is 0 Å². The first-order valence-electron chi connectivity index (χ1n) is 5.79. The van der Waals surface area contributed by atoms with Crippen LogP contribution in [0.5, 0.6) is 0 Å². The Kier molecular flexibility index (Phi) is 6.28. The number of hydrogen-bond acceptors (Lipinski definition) is 2. The van der Waals surface area contributed by atoms with Crippen molar-refractivity contribution < 1.29 is 4.74 Å². The first-order chi connectivity index (χ1) is 8.15. The smallest absolute Gasteiger partial charge is 0.0766 e. The lowest BCUT2D eigenvalue weighted by Gasteiger charge is -2.26. The molecule has 17 heavy (non-hydrogen) atoms. The fourth-order valence-electron chi connectivity index (χ4n) is 2.01. The second kappa shape index (κ2) is 7.22. The summed E-state index contributed by atoms with van der Waals surface area (Å²) in [6.45, 7) is 2.14. The quantitative estimate of drug-likeness (QED) is 0.845. The third-order valence-corrected chi connectivity index (χ3v) is 3.71. The van der Waals surface area contributed by atoms with Crippen LogP contribution in [0.2, 0.25) is 10.0 Å². The molecule has 0 saturated carbocycles. The lowest BCUT2D eigenvalue weighted by molar-refractivity contribution is 0.0630. The molecule has 0 aliphatic carbocycles. The van der Waals surface area contributed by atoms with E-state index in [1.807, 2.05) is 19.2 Å². The number of halogens is 2. The van der Waals surface area contributed by atoms with Gasteiger partial charge in [-0.1, -0.05) is 48.7 Å². The molecule has 0 aliphatic heterocycles. The van der Waals surface area contributed by atoms with Crippen molar-refractivity contribution >= 4 is 23.2 Å². The van der Waals surface area contributed by atoms with Crippen LogP contribution in [0.1, 0.15) is 31.4 Å². The van der Waals surface area contributed by atoms with E-state index in [2.05, 4.69) is 12.2 Å². The van der Waals surface area contributed by atoms with Gasteiger partial charge in [0.1, 0.15) is 0 Å². The number of rotatable bonds is 6. The molecule has 0 spiro atoms. The Bertz CT molecular complexity index is 357. The van der Waals surface area contributed by atoms with Gasteiger partial charge in [-0.25, -0.2) is 0 Å². The molecule has 0 bridgehead atoms. The van der Waals surface area contributed by atoms with Crippen LogP contribution in [-0.2, 0) is 4.74 Å². The van der Waals surface area contributed by atoms with Gasteiger partial charge in [-0.05, 0) is 25.1 Å². The molecule has 0 aromatic heterocycles. The summed E-state index contributed by atoms with van der Waals surface area (Å²) in [5, 5.41) is 4.44. The molecule has 2 unspecified atom stereocenters. The maximum absolute atomic E-state index is 6.24. The average molecular weight is 276 g/mol. The standard InChI is InChI=1S/C13H19Cl2NO/c1-4-6-11(17-3)13(16-2)9-7-5-8-10(14)12(9)15/h5,7-8,11,13,16H,4,6H2,1-3H3. The zero-order valence-corrected chi connectivity index (χ0v) is 12.0. The highest BCUT2D eigenvalue weighted by Gasteiger charge is 2.23. The molecule has 0 heterocycles. The molecule has 1 N–H and O–H groups in total. The molecule has 0 amide bonds. The summed E-state index contributed by atoms with van der Waals surface area (Å²) < 4.78 is 5.53. The molecule has 2 nitrogen and oxygen atoms in total. The molecule has 0 fully saturated rings. The van der Waals surface area contributed by atoms with Crippen LogP contribution in [0, 0.1) is 0 Å². The minimum atomic E-state index is 0.0612. The summed E-state index contributed by atoms with van der Waals surface area (Å²) in [4.78, 5) is 0. The zero-order valence-electron chi connectivity index (χ0n) is 10.5. The second-order valence-electron chi connectivity index (χ2n) is 3.97. The highest BCUT2D eigenvalue weighted by atomic mass is 35.5. The van der Waals surface area contributed by atoms with Crippen molar-refractivity contribution in [3.63, 3.8) is 0 Å². The fraction of sp³-hybridized carbons (Fsp3) is 0.538. The van der Waals surface area contributed by atoms with E-state index in [1.54, 1.807) is 13.2 Å². The van der Waals surface area contributed by atoms with Gasteiger partial charge in [-0.3, -0.25) is 0 Å². The van der Waals surface area contributed by atoms with Crippen LogP contribution in [0.15, 0.2) is 18.2 Å². The van der Waals surface area contributed by atoms with E-state index in [1.165, 1.54) is 0 Å². The van der Waals surface area contributed by atoms with Crippen molar-refractivity contribution in [1.82, 2.24) is 5.32 Å². The van der Waals surface area contributed by atoms with Gasteiger partial charge in [-0.2, -0.15) is 0 Å². The summed E-state index contributed by atoms with van der Waals surface area (Å²) in [6, 6.07) is 5.75. The molecular weight excluding hydrogens is 257 g/mol. The number of ether oxygens (including phenoxy) is 1. The van der Waals surface area contributed by atoms with Crippen LogP contribution in [0.4, 0.5) is 0 Å². The van der Waals surface area contributed by atoms with Gasteiger partial charge < -0.3 is 10.1 Å². The van der Waals surface area contributed by atoms with Crippen LogP contribution in [0.25, 0.3) is 0 Å². The molecule has 4 heteroatoms. The minimum absolute atomic E-state index is 0.0612. The van der Waals surface area contributed by atoms with Crippen LogP contribution in [-0.4, -0.2) is 20.3 Å².